The third-order valence-electron chi connectivity index (χ3n) is 7.68. The van der Waals surface area contributed by atoms with E-state index in [2.05, 4.69) is 79.2 Å². The van der Waals surface area contributed by atoms with E-state index in [1.807, 2.05) is 55.5 Å². The Hall–Kier alpha value is -5.78. The maximum absolute atomic E-state index is 11.6. The number of rotatable bonds is 15. The van der Waals surface area contributed by atoms with Crippen molar-refractivity contribution in [2.24, 2.45) is 0 Å². The van der Waals surface area contributed by atoms with Crippen LogP contribution in [-0.4, -0.2) is 55.1 Å². The van der Waals surface area contributed by atoms with Gasteiger partial charge in [-0.15, -0.1) is 19.7 Å². The van der Waals surface area contributed by atoms with Crippen LogP contribution in [0.25, 0.3) is 11.1 Å². The number of carbonyl (C=O) groups excluding carboxylic acids is 2. The van der Waals surface area contributed by atoms with Gasteiger partial charge in [0.15, 0.2) is 5.75 Å². The minimum atomic E-state index is -0.946. The predicted octanol–water partition coefficient (Wildman–Crippen LogP) is 12.5. The number of fused-ring (bicyclic) bond motifs is 3. The molecule has 344 valence electrons. The molecule has 1 aliphatic rings. The van der Waals surface area contributed by atoms with Crippen molar-refractivity contribution < 1.29 is 49.2 Å². The van der Waals surface area contributed by atoms with Crippen molar-refractivity contribution in [3.05, 3.63) is 169 Å². The number of esters is 1. The first-order chi connectivity index (χ1) is 25.1. The maximum Gasteiger partial charge on any atom is 0.372 e. The van der Waals surface area contributed by atoms with Gasteiger partial charge in [0.25, 0.3) is 0 Å². The van der Waals surface area contributed by atoms with Crippen LogP contribution in [0.5, 0.6) is 11.5 Å². The molecule has 0 bridgehead atoms. The quantitative estimate of drug-likeness (QED) is 0.0272. The van der Waals surface area contributed by atoms with E-state index in [1.165, 1.54) is 6.92 Å². The summed E-state index contributed by atoms with van der Waals surface area (Å²) in [4.78, 5) is 32.9. The SMILES string of the molecule is C.C.C.C.C.C.C.C.C=C.C=C(C)C(=O)OCC(O)COCCOc1ccc(C2(c3ccc(OOOC(=O)C(=C)C)cc3)c3ccccc3-c3ccccc32)cc1.C=CC.O. The van der Waals surface area contributed by atoms with Crippen LogP contribution in [0.1, 0.15) is 102 Å². The van der Waals surface area contributed by atoms with E-state index < -0.39 is 23.5 Å². The molecule has 4 aromatic rings. The van der Waals surface area contributed by atoms with Crippen molar-refractivity contribution in [3.8, 4) is 22.6 Å². The molecule has 10 heteroatoms. The highest BCUT2D eigenvalue weighted by molar-refractivity contribution is 5.87. The molecular formula is C51H80O10. The second-order valence-corrected chi connectivity index (χ2v) is 11.6. The van der Waals surface area contributed by atoms with E-state index in [4.69, 9.17) is 19.1 Å². The summed E-state index contributed by atoms with van der Waals surface area (Å²) >= 11 is 0. The van der Waals surface area contributed by atoms with Gasteiger partial charge in [0.1, 0.15) is 25.1 Å². The molecule has 3 N–H and O–H groups in total. The average molecular weight is 853 g/mol. The van der Waals surface area contributed by atoms with Gasteiger partial charge in [-0.3, -0.25) is 9.78 Å². The molecule has 0 spiro atoms. The van der Waals surface area contributed by atoms with Gasteiger partial charge in [-0.1, -0.05) is 151 Å². The monoisotopic (exact) mass is 853 g/mol. The molecule has 1 unspecified atom stereocenters. The van der Waals surface area contributed by atoms with E-state index in [0.29, 0.717) is 11.5 Å². The van der Waals surface area contributed by atoms with Gasteiger partial charge < -0.3 is 24.8 Å². The fourth-order valence-electron chi connectivity index (χ4n) is 5.52. The Morgan fingerprint density at radius 2 is 1.07 bits per heavy atom. The summed E-state index contributed by atoms with van der Waals surface area (Å²) in [6, 6.07) is 32.1. The number of hydrogen-bond acceptors (Lipinski definition) is 9. The molecule has 0 radical (unpaired) electrons. The van der Waals surface area contributed by atoms with Crippen LogP contribution in [0.4, 0.5) is 0 Å². The van der Waals surface area contributed by atoms with Gasteiger partial charge in [-0.25, -0.2) is 9.59 Å². The molecule has 10 nitrogen and oxygen atoms in total. The largest absolute Gasteiger partial charge is 0.491 e. The Morgan fingerprint density at radius 1 is 0.656 bits per heavy atom. The molecule has 0 fully saturated rings. The van der Waals surface area contributed by atoms with Crippen molar-refractivity contribution in [1.82, 2.24) is 0 Å². The maximum atomic E-state index is 11.6. The highest BCUT2D eigenvalue weighted by Crippen LogP contribution is 2.56. The second kappa shape index (κ2) is 35.0. The number of hydrogen-bond donors (Lipinski definition) is 1. The lowest BCUT2D eigenvalue weighted by Gasteiger charge is -2.34. The molecule has 1 aliphatic carbocycles. The fourth-order valence-corrected chi connectivity index (χ4v) is 5.52. The van der Waals surface area contributed by atoms with Crippen molar-refractivity contribution in [2.75, 3.05) is 26.4 Å². The molecular weight excluding hydrogens is 773 g/mol. The number of aliphatic hydroxyl groups is 1. The van der Waals surface area contributed by atoms with Crippen molar-refractivity contribution in [1.29, 1.82) is 0 Å². The molecule has 0 saturated carbocycles. The Balaban J connectivity index is -0.000000399. The number of carbonyl (C=O) groups is 2. The van der Waals surface area contributed by atoms with Crippen LogP contribution in [0.2, 0.25) is 0 Å². The molecule has 61 heavy (non-hydrogen) atoms. The third-order valence-corrected chi connectivity index (χ3v) is 7.68. The summed E-state index contributed by atoms with van der Waals surface area (Å²) in [5, 5.41) is 14.6. The van der Waals surface area contributed by atoms with E-state index in [1.54, 1.807) is 25.1 Å². The Morgan fingerprint density at radius 3 is 1.49 bits per heavy atom. The smallest absolute Gasteiger partial charge is 0.372 e. The van der Waals surface area contributed by atoms with Gasteiger partial charge in [0, 0.05) is 16.2 Å². The van der Waals surface area contributed by atoms with Gasteiger partial charge >= 0.3 is 11.9 Å². The third kappa shape index (κ3) is 17.8. The Kier molecular flexibility index (Phi) is 40.1. The molecule has 0 amide bonds. The van der Waals surface area contributed by atoms with Crippen molar-refractivity contribution in [3.63, 3.8) is 0 Å². The molecule has 1 atom stereocenters. The van der Waals surface area contributed by atoms with Gasteiger partial charge in [0.2, 0.25) is 0 Å². The second-order valence-electron chi connectivity index (χ2n) is 11.6. The highest BCUT2D eigenvalue weighted by Gasteiger charge is 2.45. The van der Waals surface area contributed by atoms with Crippen molar-refractivity contribution in [2.45, 2.75) is 91.7 Å². The van der Waals surface area contributed by atoms with Crippen LogP contribution in [-0.2, 0) is 34.4 Å². The standard InChI is InChI=1S/C38H36O9.C3H6.C2H4.8CH4.H2O/c1-25(2)36(40)44-24-29(39)23-42-21-22-43-30-17-13-27(14-18-30)38(28-15-19-31(20-16-28)45-47-46-37(41)26(3)4)34-11-7-5-9-32(34)33-10-6-8-12-35(33)38;1-3-2;1-2;;;;;;;;;/h5-20,29,39H,1,3,21-24H2,2,4H3;3H,1H2,2H3;1-2H2;8*1H4;1H2. The van der Waals surface area contributed by atoms with Crippen LogP contribution >= 0.6 is 0 Å². The van der Waals surface area contributed by atoms with Gasteiger partial charge in [-0.05, 0) is 78.4 Å². The lowest BCUT2D eigenvalue weighted by atomic mass is 9.68. The summed E-state index contributed by atoms with van der Waals surface area (Å²) in [6.07, 6.45) is 0.804. The topological polar surface area (TPSA) is 141 Å². The number of aliphatic hydroxyl groups excluding tert-OH is 1. The first-order valence-electron chi connectivity index (χ1n) is 16.5. The Labute approximate surface area is 370 Å². The zero-order chi connectivity index (χ0) is 38.1. The van der Waals surface area contributed by atoms with E-state index >= 15 is 0 Å². The first kappa shape index (κ1) is 69.8. The summed E-state index contributed by atoms with van der Waals surface area (Å²) in [5.41, 5.74) is 6.40. The fraction of sp³-hybridized carbons (Fsp3) is 0.333. The highest BCUT2D eigenvalue weighted by atomic mass is 17.5. The van der Waals surface area contributed by atoms with Crippen molar-refractivity contribution >= 4 is 11.9 Å². The minimum absolute atomic E-state index is 0. The van der Waals surface area contributed by atoms with Gasteiger partial charge in [0.05, 0.1) is 18.6 Å². The van der Waals surface area contributed by atoms with Crippen LogP contribution in [0.15, 0.2) is 147 Å². The zero-order valence-corrected chi connectivity index (χ0v) is 30.5. The average Bonchev–Trinajstić information content (AvgIpc) is 3.46. The lowest BCUT2D eigenvalue weighted by Crippen LogP contribution is -2.28. The normalized spacial score (nSPS) is 10.4. The summed E-state index contributed by atoms with van der Waals surface area (Å²) in [6.45, 7) is 21.7. The number of ether oxygens (including phenoxy) is 3. The van der Waals surface area contributed by atoms with Gasteiger partial charge in [-0.2, -0.15) is 0 Å². The van der Waals surface area contributed by atoms with Crippen LogP contribution < -0.4 is 9.62 Å². The number of benzene rings is 4. The molecule has 0 heterocycles. The minimum Gasteiger partial charge on any atom is -0.491 e. The first-order valence-corrected chi connectivity index (χ1v) is 16.5. The van der Waals surface area contributed by atoms with E-state index in [-0.39, 0.29) is 102 Å². The van der Waals surface area contributed by atoms with E-state index in [0.717, 1.165) is 33.4 Å². The molecule has 0 saturated heterocycles. The van der Waals surface area contributed by atoms with Crippen LogP contribution in [0.3, 0.4) is 0 Å². The Bertz CT molecular complexity index is 1770. The summed E-state index contributed by atoms with van der Waals surface area (Å²) in [5.74, 6) is -0.267. The van der Waals surface area contributed by atoms with Crippen LogP contribution in [0, 0.1) is 0 Å². The predicted molar refractivity (Wildman–Crippen MR) is 259 cm³/mol. The molecule has 0 aromatic heterocycles. The van der Waals surface area contributed by atoms with E-state index in [9.17, 15) is 14.7 Å². The number of allylic oxidation sites excluding steroid dienone is 1. The molecule has 0 aliphatic heterocycles. The zero-order valence-electron chi connectivity index (χ0n) is 30.5. The summed E-state index contributed by atoms with van der Waals surface area (Å²) in [7, 11) is 0. The summed E-state index contributed by atoms with van der Waals surface area (Å²) < 4.78 is 16.3. The molecule has 4 aromatic carbocycles. The molecule has 5 rings (SSSR count). The lowest BCUT2D eigenvalue weighted by molar-refractivity contribution is -0.435.